The maximum atomic E-state index is 12.2. The Hall–Kier alpha value is -4.98. The minimum Gasteiger partial charge on any atom is -0.461 e. The first-order valence-electron chi connectivity index (χ1n) is 12.0. The summed E-state index contributed by atoms with van der Waals surface area (Å²) in [5.74, 6) is 2.07. The molecule has 4 aromatic rings. The van der Waals surface area contributed by atoms with E-state index >= 15 is 0 Å². The highest BCUT2D eigenvalue weighted by Gasteiger charge is 2.20. The number of fused-ring (bicyclic) bond motifs is 1. The van der Waals surface area contributed by atoms with Gasteiger partial charge in [0.1, 0.15) is 23.9 Å². The molecule has 4 aromatic carbocycles. The van der Waals surface area contributed by atoms with Gasteiger partial charge in [-0.05, 0) is 24.3 Å². The number of hydrogen-bond donors (Lipinski definition) is 1. The van der Waals surface area contributed by atoms with Crippen LogP contribution in [-0.4, -0.2) is 31.5 Å². The predicted octanol–water partition coefficient (Wildman–Crippen LogP) is 6.60. The Labute approximate surface area is 220 Å². The van der Waals surface area contributed by atoms with Crippen LogP contribution in [0, 0.1) is 0 Å². The zero-order chi connectivity index (χ0) is 26.7. The number of rotatable bonds is 11. The van der Waals surface area contributed by atoms with Gasteiger partial charge in [-0.3, -0.25) is 0 Å². The zero-order valence-corrected chi connectivity index (χ0v) is 20.8. The minimum absolute atomic E-state index is 0.0110. The van der Waals surface area contributed by atoms with Crippen LogP contribution >= 0.6 is 0 Å². The van der Waals surface area contributed by atoms with Gasteiger partial charge in [0.15, 0.2) is 11.5 Å². The van der Waals surface area contributed by atoms with E-state index in [2.05, 4.69) is 11.9 Å². The summed E-state index contributed by atoms with van der Waals surface area (Å²) in [6.45, 7) is 4.97. The second-order valence-corrected chi connectivity index (χ2v) is 7.97. The first-order chi connectivity index (χ1) is 18.5. The molecule has 0 aliphatic carbocycles. The van der Waals surface area contributed by atoms with Crippen LogP contribution in [0.3, 0.4) is 0 Å². The number of alkyl carbamates (subject to hydrolysis) is 1. The molecule has 1 unspecified atom stereocenters. The molecule has 4 rings (SSSR count). The lowest BCUT2D eigenvalue weighted by Crippen LogP contribution is -2.32. The van der Waals surface area contributed by atoms with E-state index in [1.54, 1.807) is 13.0 Å². The van der Waals surface area contributed by atoms with Crippen molar-refractivity contribution in [2.75, 3.05) is 13.2 Å². The molecular weight excluding hydrogens is 486 g/mol. The third-order valence-electron chi connectivity index (χ3n) is 5.21. The normalized spacial score (nSPS) is 11.2. The second-order valence-electron chi connectivity index (χ2n) is 7.97. The highest BCUT2D eigenvalue weighted by Crippen LogP contribution is 2.45. The summed E-state index contributed by atoms with van der Waals surface area (Å²) in [6, 6.07) is 28.0. The molecule has 0 saturated heterocycles. The zero-order valence-electron chi connectivity index (χ0n) is 20.8. The highest BCUT2D eigenvalue weighted by atomic mass is 16.7. The van der Waals surface area contributed by atoms with Crippen molar-refractivity contribution in [1.82, 2.24) is 5.32 Å². The molecule has 0 heterocycles. The molecule has 1 N–H and O–H groups in total. The number of esters is 1. The van der Waals surface area contributed by atoms with Gasteiger partial charge in [0, 0.05) is 29.8 Å². The molecule has 0 aromatic heterocycles. The van der Waals surface area contributed by atoms with Crippen LogP contribution in [0.15, 0.2) is 104 Å². The van der Waals surface area contributed by atoms with Gasteiger partial charge in [-0.2, -0.15) is 0 Å². The van der Waals surface area contributed by atoms with Crippen molar-refractivity contribution in [3.8, 4) is 28.7 Å². The molecule has 0 aliphatic rings. The molecule has 0 spiro atoms. The number of amides is 1. The minimum atomic E-state index is -0.945. The average Bonchev–Trinajstić information content (AvgIpc) is 2.94. The molecule has 1 atom stereocenters. The number of para-hydroxylation sites is 2. The van der Waals surface area contributed by atoms with Crippen molar-refractivity contribution in [1.29, 1.82) is 0 Å². The van der Waals surface area contributed by atoms with Gasteiger partial charge in [0.25, 0.3) is 0 Å². The van der Waals surface area contributed by atoms with Crippen LogP contribution in [0.5, 0.6) is 28.7 Å². The van der Waals surface area contributed by atoms with E-state index in [9.17, 15) is 9.59 Å². The Morgan fingerprint density at radius 2 is 1.45 bits per heavy atom. The molecule has 8 heteroatoms. The first kappa shape index (κ1) is 26.1. The second kappa shape index (κ2) is 12.8. The van der Waals surface area contributed by atoms with Crippen LogP contribution in [-0.2, 0) is 14.3 Å². The van der Waals surface area contributed by atoms with E-state index < -0.39 is 18.4 Å². The summed E-state index contributed by atoms with van der Waals surface area (Å²) in [4.78, 5) is 23.3. The summed E-state index contributed by atoms with van der Waals surface area (Å²) in [7, 11) is 0. The van der Waals surface area contributed by atoms with Crippen LogP contribution in [0.2, 0.25) is 0 Å². The van der Waals surface area contributed by atoms with Crippen LogP contribution in [0.25, 0.3) is 10.8 Å². The van der Waals surface area contributed by atoms with Crippen molar-refractivity contribution in [3.63, 3.8) is 0 Å². The Balaban J connectivity index is 1.58. The number of carbonyl (C=O) groups is 2. The Morgan fingerprint density at radius 3 is 2.11 bits per heavy atom. The summed E-state index contributed by atoms with van der Waals surface area (Å²) in [6.07, 6.45) is -0.620. The Bertz CT molecular complexity index is 1390. The maximum absolute atomic E-state index is 12.2. The van der Waals surface area contributed by atoms with E-state index in [1.807, 2.05) is 84.9 Å². The van der Waals surface area contributed by atoms with Gasteiger partial charge in [0.05, 0.1) is 6.54 Å². The number of hydrogen-bond acceptors (Lipinski definition) is 7. The molecule has 0 aliphatic heterocycles. The Kier molecular flexibility index (Phi) is 8.80. The van der Waals surface area contributed by atoms with Crippen molar-refractivity contribution in [3.05, 3.63) is 104 Å². The molecule has 38 heavy (non-hydrogen) atoms. The highest BCUT2D eigenvalue weighted by molar-refractivity contribution is 5.96. The summed E-state index contributed by atoms with van der Waals surface area (Å²) < 4.78 is 28.7. The van der Waals surface area contributed by atoms with Crippen molar-refractivity contribution >= 4 is 22.8 Å². The molecular formula is C30H27NO7. The third kappa shape index (κ3) is 7.04. The summed E-state index contributed by atoms with van der Waals surface area (Å²) >= 11 is 0. The van der Waals surface area contributed by atoms with Crippen LogP contribution < -0.4 is 19.5 Å². The van der Waals surface area contributed by atoms with Gasteiger partial charge in [0.2, 0.25) is 6.29 Å². The van der Waals surface area contributed by atoms with Gasteiger partial charge in [-0.15, -0.1) is 0 Å². The fraction of sp³-hybridized carbons (Fsp3) is 0.133. The van der Waals surface area contributed by atoms with Gasteiger partial charge < -0.3 is 29.0 Å². The summed E-state index contributed by atoms with van der Waals surface area (Å²) in [5, 5.41) is 3.99. The fourth-order valence-corrected chi connectivity index (χ4v) is 3.55. The van der Waals surface area contributed by atoms with E-state index in [-0.39, 0.29) is 13.2 Å². The maximum Gasteiger partial charge on any atom is 0.410 e. The van der Waals surface area contributed by atoms with E-state index in [1.165, 1.54) is 0 Å². The lowest BCUT2D eigenvalue weighted by molar-refractivity contribution is -0.137. The van der Waals surface area contributed by atoms with Gasteiger partial charge >= 0.3 is 12.1 Å². The van der Waals surface area contributed by atoms with E-state index in [0.717, 1.165) is 16.8 Å². The molecule has 0 bridgehead atoms. The molecule has 0 fully saturated rings. The van der Waals surface area contributed by atoms with Crippen LogP contribution in [0.4, 0.5) is 4.79 Å². The van der Waals surface area contributed by atoms with E-state index in [0.29, 0.717) is 28.7 Å². The monoisotopic (exact) mass is 513 g/mol. The molecule has 0 saturated carbocycles. The average molecular weight is 514 g/mol. The van der Waals surface area contributed by atoms with Crippen molar-refractivity contribution in [2.45, 2.75) is 13.2 Å². The Morgan fingerprint density at radius 1 is 0.842 bits per heavy atom. The largest absolute Gasteiger partial charge is 0.461 e. The van der Waals surface area contributed by atoms with Crippen LogP contribution in [0.1, 0.15) is 6.92 Å². The van der Waals surface area contributed by atoms with Gasteiger partial charge in [-0.1, -0.05) is 67.2 Å². The first-order valence-corrected chi connectivity index (χ1v) is 12.0. The van der Waals surface area contributed by atoms with Crippen molar-refractivity contribution in [2.24, 2.45) is 0 Å². The predicted molar refractivity (Wildman–Crippen MR) is 143 cm³/mol. The fourth-order valence-electron chi connectivity index (χ4n) is 3.55. The molecule has 8 nitrogen and oxygen atoms in total. The lowest BCUT2D eigenvalue weighted by Gasteiger charge is -2.20. The standard InChI is InChI=1S/C30H27NO7/c1-3-28(32)34-19-18-31-30(33)36-21(2)35-26-20-27(37-22-12-6-4-7-13-22)29(25-17-11-10-16-24(25)26)38-23-14-8-5-9-15-23/h3-17,20-21H,1,18-19H2,2H3,(H,31,33). The number of carbonyl (C=O) groups excluding carboxylic acids is 2. The summed E-state index contributed by atoms with van der Waals surface area (Å²) in [5.41, 5.74) is 0. The van der Waals surface area contributed by atoms with Gasteiger partial charge in [-0.25, -0.2) is 9.59 Å². The number of benzene rings is 4. The smallest absolute Gasteiger partial charge is 0.410 e. The molecule has 194 valence electrons. The van der Waals surface area contributed by atoms with Crippen molar-refractivity contribution < 1.29 is 33.3 Å². The SMILES string of the molecule is C=CC(=O)OCCNC(=O)OC(C)Oc1cc(Oc2ccccc2)c(Oc2ccccc2)c2ccccc12. The number of nitrogens with one attached hydrogen (secondary N) is 1. The number of ether oxygens (including phenoxy) is 5. The quantitative estimate of drug-likeness (QED) is 0.104. The van der Waals surface area contributed by atoms with E-state index in [4.69, 9.17) is 23.7 Å². The molecule has 1 amide bonds. The third-order valence-corrected chi connectivity index (χ3v) is 5.21. The lowest BCUT2D eigenvalue weighted by atomic mass is 10.1. The topological polar surface area (TPSA) is 92.3 Å². The molecule has 0 radical (unpaired) electrons.